The Hall–Kier alpha value is -3.36. The molecule has 0 radical (unpaired) electrons. The van der Waals surface area contributed by atoms with Gasteiger partial charge < -0.3 is 20.6 Å². The quantitative estimate of drug-likeness (QED) is 0.270. The molecular weight excluding hydrogens is 370 g/mol. The maximum absolute atomic E-state index is 14.8. The lowest BCUT2D eigenvalue weighted by Crippen LogP contribution is -2.25. The van der Waals surface area contributed by atoms with E-state index in [1.54, 1.807) is 13.8 Å². The molecule has 0 atom stereocenters. The summed E-state index contributed by atoms with van der Waals surface area (Å²) in [7, 11) is 0. The summed E-state index contributed by atoms with van der Waals surface area (Å²) in [6.45, 7) is 3.38. The van der Waals surface area contributed by atoms with Gasteiger partial charge in [0.1, 0.15) is 23.1 Å². The molecule has 0 unspecified atom stereocenters. The maximum atomic E-state index is 14.8. The molecule has 146 valence electrons. The fourth-order valence-corrected chi connectivity index (χ4v) is 4.06. The number of hydrogen-bond donors (Lipinski definition) is 3. The Balaban J connectivity index is 2.19. The molecule has 0 spiro atoms. The number of halogens is 2. The molecule has 28 heavy (non-hydrogen) atoms. The highest BCUT2D eigenvalue weighted by Gasteiger charge is 2.34. The van der Waals surface area contributed by atoms with Crippen LogP contribution in [0, 0.1) is 25.5 Å². The fraction of sp³-hybridized carbons (Fsp3) is 0.263. The third-order valence-corrected chi connectivity index (χ3v) is 5.10. The lowest BCUT2D eigenvalue weighted by atomic mass is 9.95. The van der Waals surface area contributed by atoms with Crippen LogP contribution in [0.25, 0.3) is 22.4 Å². The van der Waals surface area contributed by atoms with Crippen molar-refractivity contribution in [2.24, 2.45) is 10.9 Å². The Morgan fingerprint density at radius 3 is 2.43 bits per heavy atom. The summed E-state index contributed by atoms with van der Waals surface area (Å²) in [5.41, 5.74) is 8.76. The number of phenols is 1. The van der Waals surface area contributed by atoms with Gasteiger partial charge in [-0.2, -0.15) is 0 Å². The SMILES string of the molecule is Cc1noc(C)c1-c1c(-c2c(F)cc(O)cc2F)c2c(n1C(N)=NO)CCC2. The van der Waals surface area contributed by atoms with Crippen molar-refractivity contribution in [1.29, 1.82) is 0 Å². The molecule has 1 aliphatic rings. The zero-order valence-electron chi connectivity index (χ0n) is 15.3. The number of fused-ring (bicyclic) bond motifs is 1. The van der Waals surface area contributed by atoms with E-state index >= 15 is 0 Å². The van der Waals surface area contributed by atoms with Crippen LogP contribution >= 0.6 is 0 Å². The Kier molecular flexibility index (Phi) is 4.10. The molecule has 0 saturated carbocycles. The topological polar surface area (TPSA) is 110 Å². The molecular formula is C19H18F2N4O3. The van der Waals surface area contributed by atoms with Gasteiger partial charge in [0.15, 0.2) is 0 Å². The second kappa shape index (κ2) is 6.36. The van der Waals surface area contributed by atoms with Crippen LogP contribution in [0.4, 0.5) is 8.78 Å². The van der Waals surface area contributed by atoms with E-state index in [9.17, 15) is 19.1 Å². The molecule has 0 fully saturated rings. The van der Waals surface area contributed by atoms with E-state index in [-0.39, 0.29) is 11.5 Å². The van der Waals surface area contributed by atoms with Crippen LogP contribution in [0.3, 0.4) is 0 Å². The van der Waals surface area contributed by atoms with Crippen LogP contribution in [0.5, 0.6) is 5.75 Å². The van der Waals surface area contributed by atoms with E-state index in [0.29, 0.717) is 52.4 Å². The second-order valence-corrected chi connectivity index (χ2v) is 6.78. The van der Waals surface area contributed by atoms with E-state index in [2.05, 4.69) is 10.3 Å². The molecule has 2 aromatic heterocycles. The van der Waals surface area contributed by atoms with Crippen LogP contribution in [0.15, 0.2) is 21.8 Å². The lowest BCUT2D eigenvalue weighted by Gasteiger charge is -2.14. The van der Waals surface area contributed by atoms with E-state index in [1.165, 1.54) is 4.57 Å². The van der Waals surface area contributed by atoms with Crippen LogP contribution < -0.4 is 5.73 Å². The number of aromatic hydroxyl groups is 1. The third-order valence-electron chi connectivity index (χ3n) is 5.10. The highest BCUT2D eigenvalue weighted by molar-refractivity contribution is 5.96. The summed E-state index contributed by atoms with van der Waals surface area (Å²) in [5.74, 6) is -2.11. The van der Waals surface area contributed by atoms with Crippen molar-refractivity contribution in [3.63, 3.8) is 0 Å². The minimum atomic E-state index is -0.906. The van der Waals surface area contributed by atoms with Gasteiger partial charge in [0.2, 0.25) is 5.96 Å². The van der Waals surface area contributed by atoms with Crippen LogP contribution in [0.1, 0.15) is 29.1 Å². The molecule has 9 heteroatoms. The summed E-state index contributed by atoms with van der Waals surface area (Å²) < 4.78 is 36.4. The number of hydrogen-bond acceptors (Lipinski definition) is 5. The Morgan fingerprint density at radius 2 is 1.86 bits per heavy atom. The maximum Gasteiger partial charge on any atom is 0.242 e. The smallest absolute Gasteiger partial charge is 0.242 e. The van der Waals surface area contributed by atoms with Crippen LogP contribution in [0.2, 0.25) is 0 Å². The molecule has 2 heterocycles. The Morgan fingerprint density at radius 1 is 1.18 bits per heavy atom. The number of aryl methyl sites for hydroxylation is 2. The van der Waals surface area contributed by atoms with E-state index in [4.69, 9.17) is 10.3 Å². The van der Waals surface area contributed by atoms with Crippen molar-refractivity contribution in [2.75, 3.05) is 0 Å². The number of nitrogens with two attached hydrogens (primary N) is 1. The highest BCUT2D eigenvalue weighted by atomic mass is 19.1. The van der Waals surface area contributed by atoms with Crippen molar-refractivity contribution in [1.82, 2.24) is 9.72 Å². The zero-order chi connectivity index (χ0) is 20.2. The van der Waals surface area contributed by atoms with Crippen molar-refractivity contribution in [3.8, 4) is 28.1 Å². The normalized spacial score (nSPS) is 13.9. The van der Waals surface area contributed by atoms with Gasteiger partial charge in [-0.25, -0.2) is 8.78 Å². The molecule has 0 amide bonds. The predicted octanol–water partition coefficient (Wildman–Crippen LogP) is 3.45. The van der Waals surface area contributed by atoms with E-state index < -0.39 is 17.4 Å². The highest BCUT2D eigenvalue weighted by Crippen LogP contribution is 2.46. The summed E-state index contributed by atoms with van der Waals surface area (Å²) in [6, 6.07) is 1.72. The summed E-state index contributed by atoms with van der Waals surface area (Å²) >= 11 is 0. The molecule has 1 aromatic carbocycles. The minimum absolute atomic E-state index is 0.223. The fourth-order valence-electron chi connectivity index (χ4n) is 4.06. The molecule has 3 aromatic rings. The largest absolute Gasteiger partial charge is 0.508 e. The number of oxime groups is 1. The average Bonchev–Trinajstić information content (AvgIpc) is 3.29. The number of rotatable bonds is 2. The van der Waals surface area contributed by atoms with E-state index in [0.717, 1.165) is 18.6 Å². The zero-order valence-corrected chi connectivity index (χ0v) is 15.3. The van der Waals surface area contributed by atoms with Crippen molar-refractivity contribution < 1.29 is 23.6 Å². The Bertz CT molecular complexity index is 1090. The van der Waals surface area contributed by atoms with Gasteiger partial charge in [0.25, 0.3) is 0 Å². The van der Waals surface area contributed by atoms with Crippen molar-refractivity contribution in [3.05, 3.63) is 46.5 Å². The standard InChI is InChI=1S/C19H18F2N4O3/c1-8-15(9(2)28-24-8)18-16(17-12(20)6-10(26)7-13(17)21)11-4-3-5-14(11)25(18)19(22)23-27/h6-7,26-27H,3-5H2,1-2H3,(H2,22,23). The minimum Gasteiger partial charge on any atom is -0.508 e. The molecule has 4 N–H and O–H groups in total. The lowest BCUT2D eigenvalue weighted by molar-refractivity contribution is 0.316. The average molecular weight is 388 g/mol. The van der Waals surface area contributed by atoms with Crippen molar-refractivity contribution >= 4 is 5.96 Å². The Labute approximate surface area is 158 Å². The monoisotopic (exact) mass is 388 g/mol. The number of phenolic OH excluding ortho intramolecular Hbond substituents is 1. The van der Waals surface area contributed by atoms with Gasteiger partial charge in [-0.1, -0.05) is 10.3 Å². The summed E-state index contributed by atoms with van der Waals surface area (Å²) in [5, 5.41) is 25.9. The molecule has 7 nitrogen and oxygen atoms in total. The number of aromatic nitrogens is 2. The first-order valence-electron chi connectivity index (χ1n) is 8.71. The van der Waals surface area contributed by atoms with Gasteiger partial charge >= 0.3 is 0 Å². The van der Waals surface area contributed by atoms with E-state index in [1.807, 2.05) is 0 Å². The van der Waals surface area contributed by atoms with Gasteiger partial charge in [-0.15, -0.1) is 0 Å². The van der Waals surface area contributed by atoms with Crippen LogP contribution in [-0.4, -0.2) is 26.0 Å². The first-order chi connectivity index (χ1) is 13.3. The molecule has 1 aliphatic carbocycles. The van der Waals surface area contributed by atoms with Gasteiger partial charge in [-0.05, 0) is 38.7 Å². The van der Waals surface area contributed by atoms with Gasteiger partial charge in [0, 0.05) is 23.4 Å². The van der Waals surface area contributed by atoms with Gasteiger partial charge in [-0.3, -0.25) is 4.57 Å². The predicted molar refractivity (Wildman–Crippen MR) is 97.3 cm³/mol. The summed E-state index contributed by atoms with van der Waals surface area (Å²) in [6.07, 6.45) is 1.94. The molecule has 0 bridgehead atoms. The number of benzene rings is 1. The van der Waals surface area contributed by atoms with Crippen molar-refractivity contribution in [2.45, 2.75) is 33.1 Å². The summed E-state index contributed by atoms with van der Waals surface area (Å²) in [4.78, 5) is 0. The molecule has 4 rings (SSSR count). The second-order valence-electron chi connectivity index (χ2n) is 6.78. The first-order valence-corrected chi connectivity index (χ1v) is 8.71. The van der Waals surface area contributed by atoms with Gasteiger partial charge in [0.05, 0.1) is 22.5 Å². The molecule has 0 saturated heterocycles. The number of nitrogens with zero attached hydrogens (tertiary/aromatic N) is 3. The van der Waals surface area contributed by atoms with Crippen LogP contribution in [-0.2, 0) is 12.8 Å². The molecule has 0 aliphatic heterocycles. The first kappa shape index (κ1) is 18.0. The third kappa shape index (κ3) is 2.46.